The number of unbranched alkanes of at least 4 members (excludes halogenated alkanes) is 3. The molecule has 0 aromatic heterocycles. The normalized spacial score (nSPS) is 10.4. The summed E-state index contributed by atoms with van der Waals surface area (Å²) in [6.07, 6.45) is 5.38. The van der Waals surface area contributed by atoms with Gasteiger partial charge in [0.25, 0.3) is 0 Å². The molecule has 0 bridgehead atoms. The average molecular weight is 300 g/mol. The Labute approximate surface area is 129 Å². The quantitative estimate of drug-likeness (QED) is 0.455. The van der Waals surface area contributed by atoms with E-state index in [0.717, 1.165) is 64.1 Å². The molecule has 2 N–H and O–H groups in total. The van der Waals surface area contributed by atoms with Crippen molar-refractivity contribution in [2.45, 2.75) is 46.0 Å². The van der Waals surface area contributed by atoms with Gasteiger partial charge in [-0.2, -0.15) is 0 Å². The molecule has 0 aromatic rings. The first-order valence-electron chi connectivity index (χ1n) is 7.92. The van der Waals surface area contributed by atoms with Crippen LogP contribution in [0.2, 0.25) is 0 Å². The Morgan fingerprint density at radius 2 is 1.38 bits per heavy atom. The van der Waals surface area contributed by atoms with Crippen LogP contribution < -0.4 is 10.6 Å². The lowest BCUT2D eigenvalue weighted by molar-refractivity contribution is -0.118. The van der Waals surface area contributed by atoms with E-state index in [-0.39, 0.29) is 5.91 Å². The second-order valence-electron chi connectivity index (χ2n) is 5.18. The minimum atomic E-state index is 0.0498. The highest BCUT2D eigenvalue weighted by atomic mass is 16.5. The minimum Gasteiger partial charge on any atom is -0.389 e. The van der Waals surface area contributed by atoms with Gasteiger partial charge in [0.1, 0.15) is 0 Å². The summed E-state index contributed by atoms with van der Waals surface area (Å²) in [5.41, 5.74) is 0.996. The van der Waals surface area contributed by atoms with E-state index in [1.165, 1.54) is 0 Å². The van der Waals surface area contributed by atoms with Crippen molar-refractivity contribution in [1.82, 2.24) is 10.6 Å². The zero-order valence-corrected chi connectivity index (χ0v) is 13.7. The Kier molecular flexibility index (Phi) is 14.5. The summed E-state index contributed by atoms with van der Waals surface area (Å²) in [7, 11) is 0. The standard InChI is InChI=1S/C16H32N2O3/c1-15(2)17-10-8-12-21-14-13-20-11-7-5-4-6-9-18-16(3)19/h17H,1,4-14H2,2-3H3,(H,18,19). The van der Waals surface area contributed by atoms with E-state index in [4.69, 9.17) is 9.47 Å². The maximum Gasteiger partial charge on any atom is 0.216 e. The SMILES string of the molecule is C=C(C)NCCCOCCOCCCCCCNC(C)=O. The fourth-order valence-electron chi connectivity index (χ4n) is 1.75. The van der Waals surface area contributed by atoms with Crippen LogP contribution >= 0.6 is 0 Å². The van der Waals surface area contributed by atoms with E-state index < -0.39 is 0 Å². The molecule has 0 aliphatic heterocycles. The van der Waals surface area contributed by atoms with Gasteiger partial charge in [-0.3, -0.25) is 4.79 Å². The molecule has 0 aromatic carbocycles. The number of carbonyl (C=O) groups excluding carboxylic acids is 1. The van der Waals surface area contributed by atoms with Gasteiger partial charge in [-0.1, -0.05) is 19.4 Å². The summed E-state index contributed by atoms with van der Waals surface area (Å²) in [6, 6.07) is 0. The van der Waals surface area contributed by atoms with Crippen LogP contribution in [-0.4, -0.2) is 45.4 Å². The summed E-state index contributed by atoms with van der Waals surface area (Å²) in [6.45, 7) is 11.8. The predicted octanol–water partition coefficient (Wildman–Crippen LogP) is 2.23. The van der Waals surface area contributed by atoms with E-state index in [0.29, 0.717) is 13.2 Å². The summed E-state index contributed by atoms with van der Waals surface area (Å²) >= 11 is 0. The third-order valence-electron chi connectivity index (χ3n) is 2.85. The van der Waals surface area contributed by atoms with Gasteiger partial charge in [0.2, 0.25) is 5.91 Å². The van der Waals surface area contributed by atoms with Gasteiger partial charge in [0.05, 0.1) is 13.2 Å². The predicted molar refractivity (Wildman–Crippen MR) is 86.2 cm³/mol. The summed E-state index contributed by atoms with van der Waals surface area (Å²) < 4.78 is 11.0. The van der Waals surface area contributed by atoms with Crippen LogP contribution in [0.4, 0.5) is 0 Å². The van der Waals surface area contributed by atoms with Crippen LogP contribution in [0, 0.1) is 0 Å². The zero-order chi connectivity index (χ0) is 15.8. The van der Waals surface area contributed by atoms with E-state index in [1.54, 1.807) is 6.92 Å². The minimum absolute atomic E-state index is 0.0498. The third-order valence-corrected chi connectivity index (χ3v) is 2.85. The van der Waals surface area contributed by atoms with Gasteiger partial charge in [-0.05, 0) is 26.2 Å². The average Bonchev–Trinajstić information content (AvgIpc) is 2.42. The Morgan fingerprint density at radius 3 is 2.00 bits per heavy atom. The first-order chi connectivity index (χ1) is 10.1. The third kappa shape index (κ3) is 18.9. The lowest BCUT2D eigenvalue weighted by Crippen LogP contribution is -2.20. The molecule has 124 valence electrons. The Bertz CT molecular complexity index is 244. The molecule has 0 aliphatic rings. The molecule has 1 amide bonds. The van der Waals surface area contributed by atoms with E-state index in [1.807, 2.05) is 6.92 Å². The summed E-state index contributed by atoms with van der Waals surface area (Å²) in [5, 5.41) is 5.96. The van der Waals surface area contributed by atoms with Crippen LogP contribution in [0.15, 0.2) is 12.3 Å². The Morgan fingerprint density at radius 1 is 0.810 bits per heavy atom. The van der Waals surface area contributed by atoms with E-state index in [2.05, 4.69) is 17.2 Å². The molecule has 0 radical (unpaired) electrons. The van der Waals surface area contributed by atoms with Crippen molar-refractivity contribution in [3.8, 4) is 0 Å². The van der Waals surface area contributed by atoms with Gasteiger partial charge in [0, 0.05) is 38.9 Å². The first kappa shape index (κ1) is 19.9. The van der Waals surface area contributed by atoms with Crippen molar-refractivity contribution in [3.63, 3.8) is 0 Å². The van der Waals surface area contributed by atoms with Crippen LogP contribution in [0.1, 0.15) is 46.0 Å². The number of carbonyl (C=O) groups is 1. The van der Waals surface area contributed by atoms with E-state index >= 15 is 0 Å². The molecule has 21 heavy (non-hydrogen) atoms. The monoisotopic (exact) mass is 300 g/mol. The second kappa shape index (κ2) is 15.3. The van der Waals surface area contributed by atoms with Crippen molar-refractivity contribution in [3.05, 3.63) is 12.3 Å². The lowest BCUT2D eigenvalue weighted by atomic mass is 10.2. The van der Waals surface area contributed by atoms with Crippen molar-refractivity contribution < 1.29 is 14.3 Å². The molecule has 0 saturated heterocycles. The molecule has 0 aliphatic carbocycles. The van der Waals surface area contributed by atoms with Crippen LogP contribution in [0.25, 0.3) is 0 Å². The summed E-state index contributed by atoms with van der Waals surface area (Å²) in [5.74, 6) is 0.0498. The van der Waals surface area contributed by atoms with Crippen molar-refractivity contribution in [2.75, 3.05) is 39.5 Å². The highest BCUT2D eigenvalue weighted by Crippen LogP contribution is 1.99. The Balaban J connectivity index is 2.99. The number of ether oxygens (including phenoxy) is 2. The van der Waals surface area contributed by atoms with Crippen LogP contribution in [0.3, 0.4) is 0 Å². The number of nitrogens with one attached hydrogen (secondary N) is 2. The molecule has 0 heterocycles. The van der Waals surface area contributed by atoms with Crippen molar-refractivity contribution >= 4 is 5.91 Å². The van der Waals surface area contributed by atoms with Gasteiger partial charge in [0.15, 0.2) is 0 Å². The molecule has 0 unspecified atom stereocenters. The van der Waals surface area contributed by atoms with Crippen LogP contribution in [0.5, 0.6) is 0 Å². The molecule has 0 rings (SSSR count). The second-order valence-corrected chi connectivity index (χ2v) is 5.18. The molecule has 0 spiro atoms. The molecule has 0 atom stereocenters. The molecule has 0 fully saturated rings. The molecule has 5 heteroatoms. The molecule has 5 nitrogen and oxygen atoms in total. The zero-order valence-electron chi connectivity index (χ0n) is 13.7. The number of amides is 1. The van der Waals surface area contributed by atoms with Gasteiger partial charge in [-0.25, -0.2) is 0 Å². The highest BCUT2D eigenvalue weighted by molar-refractivity contribution is 5.72. The molecular weight excluding hydrogens is 268 g/mol. The molecule has 0 saturated carbocycles. The molecular formula is C16H32N2O3. The Hall–Kier alpha value is -1.07. The fraction of sp³-hybridized carbons (Fsp3) is 0.812. The summed E-state index contributed by atoms with van der Waals surface area (Å²) in [4.78, 5) is 10.6. The number of rotatable bonds is 15. The number of hydrogen-bond acceptors (Lipinski definition) is 4. The van der Waals surface area contributed by atoms with E-state index in [9.17, 15) is 4.79 Å². The van der Waals surface area contributed by atoms with Crippen molar-refractivity contribution in [1.29, 1.82) is 0 Å². The first-order valence-corrected chi connectivity index (χ1v) is 7.92. The topological polar surface area (TPSA) is 59.6 Å². The number of hydrogen-bond donors (Lipinski definition) is 2. The largest absolute Gasteiger partial charge is 0.389 e. The van der Waals surface area contributed by atoms with Gasteiger partial charge < -0.3 is 20.1 Å². The highest BCUT2D eigenvalue weighted by Gasteiger charge is 1.94. The van der Waals surface area contributed by atoms with Gasteiger partial charge >= 0.3 is 0 Å². The van der Waals surface area contributed by atoms with Gasteiger partial charge in [-0.15, -0.1) is 0 Å². The fourth-order valence-corrected chi connectivity index (χ4v) is 1.75. The van der Waals surface area contributed by atoms with Crippen molar-refractivity contribution in [2.24, 2.45) is 0 Å². The van der Waals surface area contributed by atoms with Crippen LogP contribution in [-0.2, 0) is 14.3 Å². The number of allylic oxidation sites excluding steroid dienone is 1. The lowest BCUT2D eigenvalue weighted by Gasteiger charge is -2.07. The maximum atomic E-state index is 10.6. The smallest absolute Gasteiger partial charge is 0.216 e. The maximum absolute atomic E-state index is 10.6.